The van der Waals surface area contributed by atoms with E-state index in [1.807, 2.05) is 12.1 Å². The van der Waals surface area contributed by atoms with E-state index in [1.54, 1.807) is 26.2 Å². The maximum atomic E-state index is 11.5. The van der Waals surface area contributed by atoms with E-state index in [0.717, 1.165) is 5.56 Å². The SMILES string of the molecule is COC(CNC(=O)CC(C)N)c1ccc(Cl)cc1.Cl. The Bertz CT molecular complexity index is 383. The molecule has 108 valence electrons. The first kappa shape index (κ1) is 18.2. The molecule has 3 N–H and O–H groups in total. The van der Waals surface area contributed by atoms with Crippen molar-refractivity contribution < 1.29 is 9.53 Å². The molecule has 1 rings (SSSR count). The lowest BCUT2D eigenvalue weighted by molar-refractivity contribution is -0.121. The summed E-state index contributed by atoms with van der Waals surface area (Å²) in [5.41, 5.74) is 6.53. The van der Waals surface area contributed by atoms with Crippen molar-refractivity contribution in [3.63, 3.8) is 0 Å². The summed E-state index contributed by atoms with van der Waals surface area (Å²) in [6.45, 7) is 2.22. The Morgan fingerprint density at radius 3 is 2.47 bits per heavy atom. The van der Waals surface area contributed by atoms with Crippen molar-refractivity contribution in [1.29, 1.82) is 0 Å². The summed E-state index contributed by atoms with van der Waals surface area (Å²) in [6, 6.07) is 7.23. The molecule has 19 heavy (non-hydrogen) atoms. The molecule has 0 radical (unpaired) electrons. The highest BCUT2D eigenvalue weighted by Crippen LogP contribution is 2.18. The van der Waals surface area contributed by atoms with Gasteiger partial charge in [-0.25, -0.2) is 0 Å². The van der Waals surface area contributed by atoms with Crippen molar-refractivity contribution in [3.8, 4) is 0 Å². The van der Waals surface area contributed by atoms with Crippen LogP contribution in [0.15, 0.2) is 24.3 Å². The van der Waals surface area contributed by atoms with Crippen LogP contribution in [0.5, 0.6) is 0 Å². The standard InChI is InChI=1S/C13H19ClN2O2.ClH/c1-9(15)7-13(17)16-8-12(18-2)10-3-5-11(14)6-4-10;/h3-6,9,12H,7-8,15H2,1-2H3,(H,16,17);1H. The zero-order chi connectivity index (χ0) is 13.5. The molecule has 2 atom stereocenters. The third kappa shape index (κ3) is 6.78. The largest absolute Gasteiger partial charge is 0.375 e. The lowest BCUT2D eigenvalue weighted by atomic mass is 10.1. The van der Waals surface area contributed by atoms with Crippen LogP contribution in [-0.2, 0) is 9.53 Å². The minimum atomic E-state index is -0.181. The smallest absolute Gasteiger partial charge is 0.221 e. The monoisotopic (exact) mass is 306 g/mol. The van der Waals surface area contributed by atoms with Crippen molar-refractivity contribution in [2.75, 3.05) is 13.7 Å². The summed E-state index contributed by atoms with van der Waals surface area (Å²) in [4.78, 5) is 11.5. The number of benzene rings is 1. The Labute approximate surface area is 125 Å². The summed E-state index contributed by atoms with van der Waals surface area (Å²) in [5.74, 6) is -0.0685. The number of carbonyl (C=O) groups excluding carboxylic acids is 1. The van der Waals surface area contributed by atoms with Crippen LogP contribution in [0.25, 0.3) is 0 Å². The predicted molar refractivity (Wildman–Crippen MR) is 79.7 cm³/mol. The van der Waals surface area contributed by atoms with E-state index in [2.05, 4.69) is 5.32 Å². The number of methoxy groups -OCH3 is 1. The summed E-state index contributed by atoms with van der Waals surface area (Å²) >= 11 is 5.82. The molecule has 4 nitrogen and oxygen atoms in total. The first-order valence-electron chi connectivity index (χ1n) is 5.83. The number of nitrogens with one attached hydrogen (secondary N) is 1. The van der Waals surface area contributed by atoms with Crippen molar-refractivity contribution in [2.24, 2.45) is 5.73 Å². The second-order valence-electron chi connectivity index (χ2n) is 4.26. The zero-order valence-corrected chi connectivity index (χ0v) is 12.6. The Morgan fingerprint density at radius 2 is 2.00 bits per heavy atom. The van der Waals surface area contributed by atoms with Gasteiger partial charge in [0.15, 0.2) is 0 Å². The van der Waals surface area contributed by atoms with E-state index in [9.17, 15) is 4.79 Å². The average molecular weight is 307 g/mol. The van der Waals surface area contributed by atoms with Gasteiger partial charge >= 0.3 is 0 Å². The minimum Gasteiger partial charge on any atom is -0.375 e. The lowest BCUT2D eigenvalue weighted by Crippen LogP contribution is -2.33. The number of nitrogens with two attached hydrogens (primary N) is 1. The summed E-state index contributed by atoms with van der Waals surface area (Å²) in [6.07, 6.45) is 0.135. The van der Waals surface area contributed by atoms with E-state index in [0.29, 0.717) is 18.0 Å². The third-order valence-corrected chi connectivity index (χ3v) is 2.77. The molecule has 0 bridgehead atoms. The van der Waals surface area contributed by atoms with Gasteiger partial charge in [0, 0.05) is 31.1 Å². The predicted octanol–water partition coefficient (Wildman–Crippen LogP) is 2.30. The number of hydrogen-bond donors (Lipinski definition) is 2. The molecule has 0 saturated carbocycles. The van der Waals surface area contributed by atoms with E-state index in [1.165, 1.54) is 0 Å². The molecule has 0 aliphatic carbocycles. The molecular weight excluding hydrogens is 287 g/mol. The normalized spacial score (nSPS) is 13.3. The summed E-state index contributed by atoms with van der Waals surface area (Å²) in [5, 5.41) is 3.48. The van der Waals surface area contributed by atoms with E-state index in [-0.39, 0.29) is 30.5 Å². The quantitative estimate of drug-likeness (QED) is 0.847. The van der Waals surface area contributed by atoms with Crippen LogP contribution in [-0.4, -0.2) is 25.6 Å². The van der Waals surface area contributed by atoms with Gasteiger partial charge in [-0.1, -0.05) is 23.7 Å². The van der Waals surface area contributed by atoms with Crippen LogP contribution >= 0.6 is 24.0 Å². The Hall–Kier alpha value is -0.810. The molecule has 0 aromatic heterocycles. The van der Waals surface area contributed by atoms with Crippen LogP contribution in [0.1, 0.15) is 25.0 Å². The molecule has 6 heteroatoms. The van der Waals surface area contributed by atoms with Gasteiger partial charge in [-0.05, 0) is 24.6 Å². The van der Waals surface area contributed by atoms with Gasteiger partial charge in [-0.3, -0.25) is 4.79 Å². The number of ether oxygens (including phenoxy) is 1. The fraction of sp³-hybridized carbons (Fsp3) is 0.462. The second-order valence-corrected chi connectivity index (χ2v) is 4.70. The van der Waals surface area contributed by atoms with Gasteiger partial charge < -0.3 is 15.8 Å². The lowest BCUT2D eigenvalue weighted by Gasteiger charge is -2.17. The van der Waals surface area contributed by atoms with Crippen LogP contribution in [0.4, 0.5) is 0 Å². The maximum absolute atomic E-state index is 11.5. The number of carbonyl (C=O) groups is 1. The second kappa shape index (κ2) is 9.15. The van der Waals surface area contributed by atoms with Gasteiger partial charge in [0.05, 0.1) is 6.10 Å². The first-order chi connectivity index (χ1) is 8.52. The first-order valence-corrected chi connectivity index (χ1v) is 6.21. The highest BCUT2D eigenvalue weighted by Gasteiger charge is 2.12. The Kier molecular flexibility index (Phi) is 8.76. The molecule has 1 aromatic carbocycles. The van der Waals surface area contributed by atoms with Crippen LogP contribution < -0.4 is 11.1 Å². The molecule has 0 fully saturated rings. The topological polar surface area (TPSA) is 64.3 Å². The number of amides is 1. The van der Waals surface area contributed by atoms with Gasteiger partial charge in [0.25, 0.3) is 0 Å². The molecular formula is C13H20Cl2N2O2. The van der Waals surface area contributed by atoms with Gasteiger partial charge in [0.2, 0.25) is 5.91 Å². The van der Waals surface area contributed by atoms with Crippen molar-refractivity contribution in [1.82, 2.24) is 5.32 Å². The fourth-order valence-corrected chi connectivity index (χ4v) is 1.71. The zero-order valence-electron chi connectivity index (χ0n) is 11.1. The number of halogens is 2. The Balaban J connectivity index is 0.00000324. The third-order valence-electron chi connectivity index (χ3n) is 2.52. The van der Waals surface area contributed by atoms with E-state index in [4.69, 9.17) is 22.1 Å². The molecule has 0 aliphatic rings. The van der Waals surface area contributed by atoms with Crippen molar-refractivity contribution >= 4 is 29.9 Å². The number of hydrogen-bond acceptors (Lipinski definition) is 3. The molecule has 1 amide bonds. The van der Waals surface area contributed by atoms with Gasteiger partial charge in [-0.15, -0.1) is 12.4 Å². The molecule has 0 aliphatic heterocycles. The summed E-state index contributed by atoms with van der Waals surface area (Å²) < 4.78 is 5.34. The molecule has 0 heterocycles. The van der Waals surface area contributed by atoms with E-state index < -0.39 is 0 Å². The van der Waals surface area contributed by atoms with Crippen LogP contribution in [0.3, 0.4) is 0 Å². The average Bonchev–Trinajstić information content (AvgIpc) is 2.31. The van der Waals surface area contributed by atoms with Crippen molar-refractivity contribution in [3.05, 3.63) is 34.9 Å². The highest BCUT2D eigenvalue weighted by molar-refractivity contribution is 6.30. The van der Waals surface area contributed by atoms with E-state index >= 15 is 0 Å². The molecule has 0 spiro atoms. The minimum absolute atomic E-state index is 0. The number of rotatable bonds is 6. The van der Waals surface area contributed by atoms with Crippen molar-refractivity contribution in [2.45, 2.75) is 25.5 Å². The maximum Gasteiger partial charge on any atom is 0.221 e. The van der Waals surface area contributed by atoms with Gasteiger partial charge in [0.1, 0.15) is 0 Å². The molecule has 1 aromatic rings. The highest BCUT2D eigenvalue weighted by atomic mass is 35.5. The fourth-order valence-electron chi connectivity index (χ4n) is 1.59. The molecule has 0 saturated heterocycles. The molecule has 2 unspecified atom stereocenters. The van der Waals surface area contributed by atoms with Gasteiger partial charge in [-0.2, -0.15) is 0 Å². The Morgan fingerprint density at radius 1 is 1.42 bits per heavy atom. The summed E-state index contributed by atoms with van der Waals surface area (Å²) in [7, 11) is 1.61. The van der Waals surface area contributed by atoms with Crippen LogP contribution in [0.2, 0.25) is 5.02 Å². The van der Waals surface area contributed by atoms with Crippen LogP contribution in [0, 0.1) is 0 Å².